The van der Waals surface area contributed by atoms with Crippen LogP contribution in [0.2, 0.25) is 0 Å². The van der Waals surface area contributed by atoms with Crippen LogP contribution in [0.5, 0.6) is 0 Å². The van der Waals surface area contributed by atoms with Crippen LogP contribution in [0.15, 0.2) is 189 Å². The van der Waals surface area contributed by atoms with E-state index in [1.165, 1.54) is 31.0 Å². The minimum atomic E-state index is -0.503. The topological polar surface area (TPSA) is 58.2 Å². The molecule has 52 heavy (non-hydrogen) atoms. The SMILES string of the molecule is O=c1c(Nc2ccc(SCCP(c3ccccc3)c3ccccc3)cc2)c(Nc2ccc(SCCP(c3ccccc3)c3ccccc3)cc2)c1=O. The average molecular weight is 753 g/mol. The van der Waals surface area contributed by atoms with E-state index in [0.29, 0.717) is 11.4 Å². The molecule has 258 valence electrons. The second kappa shape index (κ2) is 17.9. The van der Waals surface area contributed by atoms with Gasteiger partial charge in [-0.1, -0.05) is 121 Å². The second-order valence-corrected chi connectivity index (χ2v) is 19.1. The zero-order valence-electron chi connectivity index (χ0n) is 28.5. The largest absolute Gasteiger partial charge is 0.350 e. The van der Waals surface area contributed by atoms with Gasteiger partial charge in [-0.15, -0.1) is 23.5 Å². The molecule has 0 amide bonds. The summed E-state index contributed by atoms with van der Waals surface area (Å²) in [7, 11) is -0.871. The molecule has 0 unspecified atom stereocenters. The summed E-state index contributed by atoms with van der Waals surface area (Å²) in [6, 6.07) is 59.3. The highest BCUT2D eigenvalue weighted by atomic mass is 32.2. The molecule has 7 aromatic rings. The van der Waals surface area contributed by atoms with E-state index in [4.69, 9.17) is 0 Å². The van der Waals surface area contributed by atoms with E-state index in [0.717, 1.165) is 35.2 Å². The zero-order chi connectivity index (χ0) is 35.5. The Kier molecular flexibility index (Phi) is 12.3. The average Bonchev–Trinajstić information content (AvgIpc) is 3.21. The van der Waals surface area contributed by atoms with Gasteiger partial charge in [-0.05, 0) is 97.9 Å². The first-order chi connectivity index (χ1) is 25.6. The van der Waals surface area contributed by atoms with Crippen LogP contribution in [0.4, 0.5) is 22.7 Å². The van der Waals surface area contributed by atoms with Gasteiger partial charge in [0, 0.05) is 32.7 Å². The molecule has 0 saturated heterocycles. The smallest absolute Gasteiger partial charge is 0.253 e. The van der Waals surface area contributed by atoms with E-state index in [9.17, 15) is 9.59 Å². The third-order valence-electron chi connectivity index (χ3n) is 8.60. The molecule has 0 bridgehead atoms. The van der Waals surface area contributed by atoms with E-state index < -0.39 is 26.7 Å². The Bertz CT molecular complexity index is 1990. The van der Waals surface area contributed by atoms with Gasteiger partial charge in [0.15, 0.2) is 0 Å². The quantitative estimate of drug-likeness (QED) is 0.0584. The van der Waals surface area contributed by atoms with Crippen molar-refractivity contribution in [2.75, 3.05) is 34.5 Å². The molecule has 0 saturated carbocycles. The van der Waals surface area contributed by atoms with E-state index in [-0.39, 0.29) is 0 Å². The first-order valence-corrected chi connectivity index (χ1v) is 22.2. The normalized spacial score (nSPS) is 11.3. The van der Waals surface area contributed by atoms with Gasteiger partial charge < -0.3 is 10.6 Å². The maximum Gasteiger partial charge on any atom is 0.253 e. The molecule has 0 fully saturated rings. The molecule has 8 heteroatoms. The van der Waals surface area contributed by atoms with Crippen molar-refractivity contribution in [2.24, 2.45) is 0 Å². The van der Waals surface area contributed by atoms with Gasteiger partial charge in [-0.3, -0.25) is 9.59 Å². The summed E-state index contributed by atoms with van der Waals surface area (Å²) in [5.74, 6) is 1.99. The first kappa shape index (κ1) is 35.9. The molecule has 0 aliphatic heterocycles. The van der Waals surface area contributed by atoms with E-state index in [2.05, 4.69) is 156 Å². The summed E-state index contributed by atoms with van der Waals surface area (Å²) in [5, 5.41) is 11.9. The van der Waals surface area contributed by atoms with Crippen molar-refractivity contribution in [3.8, 4) is 0 Å². The van der Waals surface area contributed by atoms with Crippen LogP contribution >= 0.6 is 39.4 Å². The lowest BCUT2D eigenvalue weighted by Gasteiger charge is -2.19. The summed E-state index contributed by atoms with van der Waals surface area (Å²) < 4.78 is 0. The molecule has 0 radical (unpaired) electrons. The van der Waals surface area contributed by atoms with E-state index in [1.54, 1.807) is 0 Å². The molecule has 4 nitrogen and oxygen atoms in total. The number of benzene rings is 6. The predicted octanol–water partition coefficient (Wildman–Crippen LogP) is 9.22. The lowest BCUT2D eigenvalue weighted by atomic mass is 10.1. The van der Waals surface area contributed by atoms with Crippen LogP contribution in [0.1, 0.15) is 0 Å². The van der Waals surface area contributed by atoms with Gasteiger partial charge in [0.2, 0.25) is 0 Å². The van der Waals surface area contributed by atoms with Crippen LogP contribution in [0, 0.1) is 0 Å². The summed E-state index contributed by atoms with van der Waals surface area (Å²) in [5.41, 5.74) is 1.14. The van der Waals surface area contributed by atoms with Crippen molar-refractivity contribution >= 4 is 83.3 Å². The van der Waals surface area contributed by atoms with Gasteiger partial charge in [-0.2, -0.15) is 0 Å². The molecule has 7 rings (SSSR count). The number of hydrogen-bond acceptors (Lipinski definition) is 6. The van der Waals surface area contributed by atoms with Crippen LogP contribution < -0.4 is 42.7 Å². The summed E-state index contributed by atoms with van der Waals surface area (Å²) in [6.45, 7) is 0. The van der Waals surface area contributed by atoms with Gasteiger partial charge >= 0.3 is 0 Å². The van der Waals surface area contributed by atoms with Crippen molar-refractivity contribution in [3.05, 3.63) is 190 Å². The molecule has 0 heterocycles. The Morgan fingerprint density at radius 3 is 0.962 bits per heavy atom. The van der Waals surface area contributed by atoms with Crippen LogP contribution in [0.3, 0.4) is 0 Å². The minimum absolute atomic E-state index is 0.301. The number of hydrogen-bond donors (Lipinski definition) is 2. The van der Waals surface area contributed by atoms with Crippen LogP contribution in [-0.4, -0.2) is 23.8 Å². The van der Waals surface area contributed by atoms with Crippen LogP contribution in [-0.2, 0) is 0 Å². The number of rotatable bonds is 16. The summed E-state index contributed by atoms with van der Waals surface area (Å²) in [4.78, 5) is 27.5. The Balaban J connectivity index is 0.923. The Labute approximate surface area is 316 Å². The van der Waals surface area contributed by atoms with Gasteiger partial charge in [0.1, 0.15) is 11.4 Å². The fourth-order valence-corrected chi connectivity index (χ4v) is 13.0. The standard InChI is InChI=1S/C44H38N2O2P2S2/c47-43-41(45-33-21-25-39(26-22-33)51-31-29-49(35-13-5-1-6-14-35)36-15-7-2-8-16-36)42(44(43)48)46-34-23-27-40(28-24-34)52-32-30-50(37-17-9-3-10-18-37)38-19-11-4-12-20-38/h1-28,45-46H,29-32H2. The molecule has 0 aliphatic carbocycles. The predicted molar refractivity (Wildman–Crippen MR) is 230 cm³/mol. The molecule has 0 spiro atoms. The maximum atomic E-state index is 12.6. The highest BCUT2D eigenvalue weighted by Gasteiger charge is 2.21. The lowest BCUT2D eigenvalue weighted by Crippen LogP contribution is -2.35. The lowest BCUT2D eigenvalue weighted by molar-refractivity contribution is 1.34. The molecular formula is C44H38N2O2P2S2. The van der Waals surface area contributed by atoms with Gasteiger partial charge in [-0.25, -0.2) is 0 Å². The van der Waals surface area contributed by atoms with Crippen molar-refractivity contribution < 1.29 is 0 Å². The Hall–Kier alpha value is -4.44. The highest BCUT2D eigenvalue weighted by Crippen LogP contribution is 2.37. The summed E-state index contributed by atoms with van der Waals surface area (Å²) in [6.07, 6.45) is 2.16. The zero-order valence-corrected chi connectivity index (χ0v) is 31.9. The Morgan fingerprint density at radius 2 is 0.673 bits per heavy atom. The Morgan fingerprint density at radius 1 is 0.385 bits per heavy atom. The summed E-state index contributed by atoms with van der Waals surface area (Å²) >= 11 is 3.67. The minimum Gasteiger partial charge on any atom is -0.350 e. The molecule has 7 aromatic carbocycles. The third-order valence-corrected chi connectivity index (χ3v) is 16.3. The molecule has 0 atom stereocenters. The number of nitrogens with one attached hydrogen (secondary N) is 2. The molecule has 0 aromatic heterocycles. The van der Waals surface area contributed by atoms with E-state index in [1.807, 2.05) is 47.8 Å². The van der Waals surface area contributed by atoms with Gasteiger partial charge in [0.25, 0.3) is 10.9 Å². The molecule has 0 aliphatic rings. The molecule has 2 N–H and O–H groups in total. The first-order valence-electron chi connectivity index (χ1n) is 17.2. The monoisotopic (exact) mass is 752 g/mol. The number of anilines is 4. The van der Waals surface area contributed by atoms with Crippen molar-refractivity contribution in [1.82, 2.24) is 0 Å². The fourth-order valence-electron chi connectivity index (χ4n) is 5.94. The number of thioether (sulfide) groups is 2. The fraction of sp³-hybridized carbons (Fsp3) is 0.0909. The molecular weight excluding hydrogens is 715 g/mol. The van der Waals surface area contributed by atoms with Crippen molar-refractivity contribution in [3.63, 3.8) is 0 Å². The van der Waals surface area contributed by atoms with Crippen molar-refractivity contribution in [2.45, 2.75) is 9.79 Å². The van der Waals surface area contributed by atoms with Crippen molar-refractivity contribution in [1.29, 1.82) is 0 Å². The maximum absolute atomic E-state index is 12.6. The highest BCUT2D eigenvalue weighted by molar-refractivity contribution is 8.00. The van der Waals surface area contributed by atoms with E-state index >= 15 is 0 Å². The van der Waals surface area contributed by atoms with Crippen LogP contribution in [0.25, 0.3) is 0 Å². The van der Waals surface area contributed by atoms with Gasteiger partial charge in [0.05, 0.1) is 0 Å². The second-order valence-electron chi connectivity index (χ2n) is 12.0. The third kappa shape index (κ3) is 9.13.